The van der Waals surface area contributed by atoms with E-state index in [4.69, 9.17) is 9.47 Å². The summed E-state index contributed by atoms with van der Waals surface area (Å²) in [6.45, 7) is -0.242. The Kier molecular flexibility index (Phi) is 5.45. The maximum Gasteiger partial charge on any atom is 0.344 e. The van der Waals surface area contributed by atoms with Gasteiger partial charge in [0.25, 0.3) is 0 Å². The zero-order chi connectivity index (χ0) is 17.6. The molecule has 25 heavy (non-hydrogen) atoms. The summed E-state index contributed by atoms with van der Waals surface area (Å²) < 4.78 is 26.2. The predicted molar refractivity (Wildman–Crippen MR) is 93.0 cm³/mol. The van der Waals surface area contributed by atoms with Gasteiger partial charge in [0, 0.05) is 16.9 Å². The molecule has 7 heteroatoms. The summed E-state index contributed by atoms with van der Waals surface area (Å²) in [5.41, 5.74) is 1.74. The Morgan fingerprint density at radius 1 is 1.20 bits per heavy atom. The number of carbonyl (C=O) groups excluding carboxylic acids is 1. The molecular formula is C18H14BrFN2O3. The van der Waals surface area contributed by atoms with E-state index >= 15 is 0 Å². The maximum absolute atomic E-state index is 13.6. The van der Waals surface area contributed by atoms with Crippen LogP contribution in [0.5, 0.6) is 5.75 Å². The maximum atomic E-state index is 13.6. The number of hydrogen-bond donors (Lipinski definition) is 0. The van der Waals surface area contributed by atoms with Crippen LogP contribution >= 0.6 is 15.9 Å². The molecule has 2 aromatic carbocycles. The van der Waals surface area contributed by atoms with Crippen LogP contribution in [0.1, 0.15) is 5.56 Å². The van der Waals surface area contributed by atoms with Gasteiger partial charge in [-0.2, -0.15) is 5.10 Å². The summed E-state index contributed by atoms with van der Waals surface area (Å²) in [6.07, 6.45) is 3.54. The van der Waals surface area contributed by atoms with E-state index in [0.717, 1.165) is 11.3 Å². The number of ether oxygens (including phenoxy) is 2. The van der Waals surface area contributed by atoms with Crippen LogP contribution in [-0.2, 0) is 16.1 Å². The summed E-state index contributed by atoms with van der Waals surface area (Å²) in [5.74, 6) is -1.11. The SMILES string of the molecule is O=C(COc1ccc(Br)cc1F)OCc1ccc(-n2cccn2)cc1. The summed E-state index contributed by atoms with van der Waals surface area (Å²) >= 11 is 3.15. The summed E-state index contributed by atoms with van der Waals surface area (Å²) in [5, 5.41) is 4.14. The van der Waals surface area contributed by atoms with Crippen LogP contribution in [0.15, 0.2) is 65.4 Å². The molecule has 0 saturated carbocycles. The number of esters is 1. The number of hydrogen-bond acceptors (Lipinski definition) is 4. The van der Waals surface area contributed by atoms with Gasteiger partial charge in [0.15, 0.2) is 18.2 Å². The van der Waals surface area contributed by atoms with Crippen LogP contribution in [0.25, 0.3) is 5.69 Å². The third kappa shape index (κ3) is 4.67. The van der Waals surface area contributed by atoms with Gasteiger partial charge in [-0.25, -0.2) is 13.9 Å². The lowest BCUT2D eigenvalue weighted by Gasteiger charge is -2.08. The molecule has 5 nitrogen and oxygen atoms in total. The van der Waals surface area contributed by atoms with Crippen molar-refractivity contribution in [3.8, 4) is 11.4 Å². The highest BCUT2D eigenvalue weighted by molar-refractivity contribution is 9.10. The third-order valence-corrected chi connectivity index (χ3v) is 3.84. The lowest BCUT2D eigenvalue weighted by molar-refractivity contribution is -0.147. The molecule has 0 aliphatic carbocycles. The van der Waals surface area contributed by atoms with Gasteiger partial charge in [-0.1, -0.05) is 28.1 Å². The Labute approximate surface area is 152 Å². The van der Waals surface area contributed by atoms with Gasteiger partial charge in [-0.05, 0) is 42.0 Å². The molecule has 0 fully saturated rings. The molecule has 0 unspecified atom stereocenters. The first-order valence-corrected chi connectivity index (χ1v) is 8.23. The minimum Gasteiger partial charge on any atom is -0.479 e. The van der Waals surface area contributed by atoms with Gasteiger partial charge in [-0.15, -0.1) is 0 Å². The van der Waals surface area contributed by atoms with Gasteiger partial charge in [0.2, 0.25) is 0 Å². The molecule has 0 aliphatic heterocycles. The summed E-state index contributed by atoms with van der Waals surface area (Å²) in [4.78, 5) is 11.7. The van der Waals surface area contributed by atoms with Gasteiger partial charge in [0.05, 0.1) is 5.69 Å². The van der Waals surface area contributed by atoms with Crippen molar-refractivity contribution >= 4 is 21.9 Å². The molecule has 0 N–H and O–H groups in total. The second-order valence-corrected chi connectivity index (χ2v) is 6.06. The molecule has 0 aliphatic rings. The van der Waals surface area contributed by atoms with Crippen molar-refractivity contribution in [2.75, 3.05) is 6.61 Å². The van der Waals surface area contributed by atoms with Crippen molar-refractivity contribution in [1.29, 1.82) is 0 Å². The lowest BCUT2D eigenvalue weighted by Crippen LogP contribution is -2.15. The van der Waals surface area contributed by atoms with Crippen LogP contribution in [0.2, 0.25) is 0 Å². The molecule has 3 rings (SSSR count). The Morgan fingerprint density at radius 2 is 2.00 bits per heavy atom. The highest BCUT2D eigenvalue weighted by atomic mass is 79.9. The molecule has 0 radical (unpaired) electrons. The molecule has 128 valence electrons. The lowest BCUT2D eigenvalue weighted by atomic mass is 10.2. The van der Waals surface area contributed by atoms with Gasteiger partial charge < -0.3 is 9.47 Å². The quantitative estimate of drug-likeness (QED) is 0.584. The van der Waals surface area contributed by atoms with Crippen LogP contribution in [0.4, 0.5) is 4.39 Å². The monoisotopic (exact) mass is 404 g/mol. The number of benzene rings is 2. The zero-order valence-electron chi connectivity index (χ0n) is 13.1. The molecule has 0 amide bonds. The minimum atomic E-state index is -0.571. The van der Waals surface area contributed by atoms with E-state index < -0.39 is 11.8 Å². The average molecular weight is 405 g/mol. The molecule has 0 saturated heterocycles. The molecule has 0 atom stereocenters. The standard InChI is InChI=1S/C18H14BrFN2O3/c19-14-4-7-17(16(20)10-14)24-12-18(23)25-11-13-2-5-15(6-3-13)22-9-1-8-21-22/h1-10H,11-12H2. The number of nitrogens with zero attached hydrogens (tertiary/aromatic N) is 2. The third-order valence-electron chi connectivity index (χ3n) is 3.34. The van der Waals surface area contributed by atoms with Crippen LogP contribution in [0.3, 0.4) is 0 Å². The van der Waals surface area contributed by atoms with Crippen molar-refractivity contribution in [2.24, 2.45) is 0 Å². The molecule has 1 aromatic heterocycles. The fourth-order valence-electron chi connectivity index (χ4n) is 2.10. The summed E-state index contributed by atoms with van der Waals surface area (Å²) in [7, 11) is 0. The summed E-state index contributed by atoms with van der Waals surface area (Å²) in [6, 6.07) is 13.6. The van der Waals surface area contributed by atoms with E-state index in [2.05, 4.69) is 21.0 Å². The Morgan fingerprint density at radius 3 is 2.68 bits per heavy atom. The Hall–Kier alpha value is -2.67. The number of aromatic nitrogens is 2. The Balaban J connectivity index is 1.49. The van der Waals surface area contributed by atoms with Crippen LogP contribution in [-0.4, -0.2) is 22.4 Å². The van der Waals surface area contributed by atoms with Crippen molar-refractivity contribution < 1.29 is 18.7 Å². The van der Waals surface area contributed by atoms with Crippen LogP contribution < -0.4 is 4.74 Å². The predicted octanol–water partition coefficient (Wildman–Crippen LogP) is 3.90. The zero-order valence-corrected chi connectivity index (χ0v) is 14.6. The van der Waals surface area contributed by atoms with Gasteiger partial charge >= 0.3 is 5.97 Å². The minimum absolute atomic E-state index is 0.00345. The smallest absolute Gasteiger partial charge is 0.344 e. The van der Waals surface area contributed by atoms with E-state index in [1.165, 1.54) is 12.1 Å². The number of carbonyl (C=O) groups is 1. The van der Waals surface area contributed by atoms with Gasteiger partial charge in [0.1, 0.15) is 6.61 Å². The van der Waals surface area contributed by atoms with Crippen molar-refractivity contribution in [3.63, 3.8) is 0 Å². The first-order chi connectivity index (χ1) is 12.1. The van der Waals surface area contributed by atoms with Crippen molar-refractivity contribution in [2.45, 2.75) is 6.61 Å². The highest BCUT2D eigenvalue weighted by Crippen LogP contribution is 2.21. The highest BCUT2D eigenvalue weighted by Gasteiger charge is 2.09. The molecular weight excluding hydrogens is 391 g/mol. The van der Waals surface area contributed by atoms with E-state index in [0.29, 0.717) is 4.47 Å². The fraction of sp³-hybridized carbons (Fsp3) is 0.111. The van der Waals surface area contributed by atoms with Crippen molar-refractivity contribution in [3.05, 3.63) is 76.8 Å². The molecule has 0 bridgehead atoms. The normalized spacial score (nSPS) is 10.5. The second kappa shape index (κ2) is 7.94. The fourth-order valence-corrected chi connectivity index (χ4v) is 2.43. The molecule has 3 aromatic rings. The van der Waals surface area contributed by atoms with E-state index in [-0.39, 0.29) is 19.0 Å². The second-order valence-electron chi connectivity index (χ2n) is 5.14. The topological polar surface area (TPSA) is 53.4 Å². The number of halogens is 2. The average Bonchev–Trinajstić information content (AvgIpc) is 3.14. The first-order valence-electron chi connectivity index (χ1n) is 7.44. The van der Waals surface area contributed by atoms with Crippen molar-refractivity contribution in [1.82, 2.24) is 9.78 Å². The number of rotatable bonds is 6. The molecule has 0 spiro atoms. The van der Waals surface area contributed by atoms with Gasteiger partial charge in [-0.3, -0.25) is 0 Å². The largest absolute Gasteiger partial charge is 0.479 e. The Bertz CT molecular complexity index is 851. The van der Waals surface area contributed by atoms with E-state index in [1.54, 1.807) is 16.9 Å². The van der Waals surface area contributed by atoms with E-state index in [9.17, 15) is 9.18 Å². The first kappa shape index (κ1) is 17.2. The molecule has 1 heterocycles. The van der Waals surface area contributed by atoms with E-state index in [1.807, 2.05) is 36.5 Å². The van der Waals surface area contributed by atoms with Crippen LogP contribution in [0, 0.1) is 5.82 Å².